The number of carbonyl (C=O) groups excluding carboxylic acids is 1. The first-order valence-electron chi connectivity index (χ1n) is 10.2. The van der Waals surface area contributed by atoms with Gasteiger partial charge in [0.15, 0.2) is 11.5 Å². The summed E-state index contributed by atoms with van der Waals surface area (Å²) in [6.45, 7) is 3.85. The first-order chi connectivity index (χ1) is 14.6. The Labute approximate surface area is 177 Å². The van der Waals surface area contributed by atoms with Gasteiger partial charge in [-0.05, 0) is 50.3 Å². The van der Waals surface area contributed by atoms with E-state index < -0.39 is 17.3 Å². The summed E-state index contributed by atoms with van der Waals surface area (Å²) < 4.78 is 40.3. The predicted octanol–water partition coefficient (Wildman–Crippen LogP) is 4.61. The van der Waals surface area contributed by atoms with E-state index in [1.165, 1.54) is 6.07 Å². The first-order valence-corrected chi connectivity index (χ1v) is 10.2. The molecule has 1 saturated carbocycles. The lowest BCUT2D eigenvalue weighted by atomic mass is 9.94. The second-order valence-corrected chi connectivity index (χ2v) is 8.78. The highest BCUT2D eigenvalue weighted by Gasteiger charge is 2.50. The highest BCUT2D eigenvalue weighted by molar-refractivity contribution is 5.95. The van der Waals surface area contributed by atoms with Crippen LogP contribution < -0.4 is 5.32 Å². The summed E-state index contributed by atoms with van der Waals surface area (Å²) in [5.41, 5.74) is 1.65. The zero-order chi connectivity index (χ0) is 22.0. The first kappa shape index (κ1) is 19.8. The molecule has 0 unspecified atom stereocenters. The van der Waals surface area contributed by atoms with Crippen LogP contribution >= 0.6 is 0 Å². The quantitative estimate of drug-likeness (QED) is 0.663. The van der Waals surface area contributed by atoms with Crippen LogP contribution in [0.5, 0.6) is 0 Å². The molecule has 0 bridgehead atoms. The monoisotopic (exact) mass is 426 g/mol. The molecule has 0 aliphatic heterocycles. The largest absolute Gasteiger partial charge is 0.417 e. The van der Waals surface area contributed by atoms with Gasteiger partial charge in [-0.25, -0.2) is 9.67 Å². The molecule has 0 spiro atoms. The average molecular weight is 426 g/mol. The van der Waals surface area contributed by atoms with E-state index in [4.69, 9.17) is 0 Å². The van der Waals surface area contributed by atoms with Crippen molar-refractivity contribution in [3.63, 3.8) is 0 Å². The van der Waals surface area contributed by atoms with Crippen LogP contribution in [0.2, 0.25) is 0 Å². The summed E-state index contributed by atoms with van der Waals surface area (Å²) >= 11 is 0. The Bertz CT molecular complexity index is 1150. The Hall–Kier alpha value is -3.16. The normalized spacial score (nSPS) is 19.6. The van der Waals surface area contributed by atoms with E-state index in [-0.39, 0.29) is 17.6 Å². The van der Waals surface area contributed by atoms with Crippen LogP contribution in [-0.2, 0) is 18.1 Å². The van der Waals surface area contributed by atoms with Gasteiger partial charge in [0, 0.05) is 17.7 Å². The fraction of sp³-hybridized carbons (Fsp3) is 0.348. The lowest BCUT2D eigenvalue weighted by Crippen LogP contribution is -2.41. The Morgan fingerprint density at radius 3 is 2.48 bits per heavy atom. The van der Waals surface area contributed by atoms with Crippen molar-refractivity contribution in [1.82, 2.24) is 20.1 Å². The third kappa shape index (κ3) is 3.40. The number of halogens is 3. The van der Waals surface area contributed by atoms with Gasteiger partial charge in [0.25, 0.3) is 5.91 Å². The van der Waals surface area contributed by atoms with Crippen molar-refractivity contribution in [3.05, 3.63) is 76.7 Å². The maximum Gasteiger partial charge on any atom is 0.417 e. The van der Waals surface area contributed by atoms with Gasteiger partial charge in [0.05, 0.1) is 16.8 Å². The Morgan fingerprint density at radius 2 is 1.84 bits per heavy atom. The fourth-order valence-corrected chi connectivity index (χ4v) is 4.42. The van der Waals surface area contributed by atoms with E-state index in [9.17, 15) is 18.0 Å². The Morgan fingerprint density at radius 1 is 1.10 bits per heavy atom. The minimum atomic E-state index is -4.45. The minimum absolute atomic E-state index is 0.287. The number of fused-ring (bicyclic) bond motifs is 3. The third-order valence-electron chi connectivity index (χ3n) is 6.19. The number of rotatable bonds is 4. The van der Waals surface area contributed by atoms with Crippen LogP contribution in [0.1, 0.15) is 59.1 Å². The predicted molar refractivity (Wildman–Crippen MR) is 108 cm³/mol. The van der Waals surface area contributed by atoms with E-state index in [0.29, 0.717) is 11.6 Å². The molecular formula is C23H21F3N4O. The number of pyridine rings is 1. The van der Waals surface area contributed by atoms with Crippen molar-refractivity contribution >= 4 is 5.91 Å². The molecular weight excluding hydrogens is 405 g/mol. The molecule has 2 heterocycles. The minimum Gasteiger partial charge on any atom is -0.342 e. The molecule has 5 rings (SSSR count). The zero-order valence-electron chi connectivity index (χ0n) is 17.1. The van der Waals surface area contributed by atoms with Gasteiger partial charge in [0.2, 0.25) is 0 Å². The van der Waals surface area contributed by atoms with Crippen LogP contribution in [0.3, 0.4) is 0 Å². The van der Waals surface area contributed by atoms with Crippen molar-refractivity contribution in [2.45, 2.75) is 44.3 Å². The second kappa shape index (κ2) is 6.67. The summed E-state index contributed by atoms with van der Waals surface area (Å²) in [6.07, 6.45) is -1.88. The molecule has 160 valence electrons. The SMILES string of the molecule is CC(C)(NC(=O)c1nn(-c2ccc(C(F)(F)F)cn2)c2c1C[C@H]1C[C@@H]21)c1ccccc1. The van der Waals surface area contributed by atoms with E-state index in [1.54, 1.807) is 4.68 Å². The molecule has 2 atom stereocenters. The molecule has 0 radical (unpaired) electrons. The molecule has 5 nitrogen and oxygen atoms in total. The van der Waals surface area contributed by atoms with Crippen LogP contribution in [0.15, 0.2) is 48.7 Å². The lowest BCUT2D eigenvalue weighted by molar-refractivity contribution is -0.137. The summed E-state index contributed by atoms with van der Waals surface area (Å²) in [4.78, 5) is 17.2. The number of nitrogens with one attached hydrogen (secondary N) is 1. The van der Waals surface area contributed by atoms with Crippen molar-refractivity contribution in [2.24, 2.45) is 5.92 Å². The van der Waals surface area contributed by atoms with E-state index >= 15 is 0 Å². The van der Waals surface area contributed by atoms with E-state index in [1.807, 2.05) is 44.2 Å². The summed E-state index contributed by atoms with van der Waals surface area (Å²) in [7, 11) is 0. The number of aromatic nitrogens is 3. The van der Waals surface area contributed by atoms with Gasteiger partial charge in [-0.1, -0.05) is 30.3 Å². The number of amides is 1. The van der Waals surface area contributed by atoms with E-state index in [2.05, 4.69) is 15.4 Å². The number of alkyl halides is 3. The van der Waals surface area contributed by atoms with Gasteiger partial charge in [0.1, 0.15) is 0 Å². The highest BCUT2D eigenvalue weighted by Crippen LogP contribution is 2.57. The Balaban J connectivity index is 1.49. The third-order valence-corrected chi connectivity index (χ3v) is 6.19. The van der Waals surface area contributed by atoms with Crippen LogP contribution in [0.25, 0.3) is 5.82 Å². The van der Waals surface area contributed by atoms with Crippen molar-refractivity contribution in [1.29, 1.82) is 0 Å². The topological polar surface area (TPSA) is 59.8 Å². The number of benzene rings is 1. The van der Waals surface area contributed by atoms with Crippen molar-refractivity contribution in [3.8, 4) is 5.82 Å². The van der Waals surface area contributed by atoms with Crippen molar-refractivity contribution < 1.29 is 18.0 Å². The molecule has 1 fully saturated rings. The molecule has 8 heteroatoms. The van der Waals surface area contributed by atoms with Gasteiger partial charge < -0.3 is 5.32 Å². The number of hydrogen-bond acceptors (Lipinski definition) is 3. The number of nitrogens with zero attached hydrogens (tertiary/aromatic N) is 3. The molecule has 1 amide bonds. The average Bonchev–Trinajstić information content (AvgIpc) is 3.23. The van der Waals surface area contributed by atoms with Crippen LogP contribution in [-0.4, -0.2) is 20.7 Å². The maximum atomic E-state index is 13.2. The summed E-state index contributed by atoms with van der Waals surface area (Å²) in [5, 5.41) is 7.57. The zero-order valence-corrected chi connectivity index (χ0v) is 17.1. The molecule has 31 heavy (non-hydrogen) atoms. The van der Waals surface area contributed by atoms with E-state index in [0.717, 1.165) is 41.9 Å². The second-order valence-electron chi connectivity index (χ2n) is 8.78. The molecule has 1 N–H and O–H groups in total. The molecule has 2 aliphatic rings. The lowest BCUT2D eigenvalue weighted by Gasteiger charge is -2.26. The Kier molecular flexibility index (Phi) is 4.26. The summed E-state index contributed by atoms with van der Waals surface area (Å²) in [6, 6.07) is 11.9. The highest BCUT2D eigenvalue weighted by atomic mass is 19.4. The molecule has 2 aromatic heterocycles. The van der Waals surface area contributed by atoms with Gasteiger partial charge >= 0.3 is 6.18 Å². The number of hydrogen-bond donors (Lipinski definition) is 1. The molecule has 1 aromatic carbocycles. The smallest absolute Gasteiger partial charge is 0.342 e. The van der Waals surface area contributed by atoms with Gasteiger partial charge in [-0.3, -0.25) is 4.79 Å². The van der Waals surface area contributed by atoms with Gasteiger partial charge in [-0.15, -0.1) is 0 Å². The molecule has 0 saturated heterocycles. The molecule has 3 aromatic rings. The van der Waals surface area contributed by atoms with Gasteiger partial charge in [-0.2, -0.15) is 18.3 Å². The maximum absolute atomic E-state index is 13.2. The fourth-order valence-electron chi connectivity index (χ4n) is 4.42. The van der Waals surface area contributed by atoms with Crippen LogP contribution in [0, 0.1) is 5.92 Å². The van der Waals surface area contributed by atoms with Crippen molar-refractivity contribution in [2.75, 3.05) is 0 Å². The standard InChI is InChI=1S/C23H21F3N4O/c1-22(2,14-6-4-3-5-7-14)28-21(31)19-17-11-13-10-16(13)20(17)30(29-19)18-9-8-15(12-27-18)23(24,25)26/h3-9,12-13,16H,10-11H2,1-2H3,(H,28,31)/t13-,16-/m1/s1. The van der Waals surface area contributed by atoms with Crippen LogP contribution in [0.4, 0.5) is 13.2 Å². The summed E-state index contributed by atoms with van der Waals surface area (Å²) in [5.74, 6) is 0.757. The molecule has 2 aliphatic carbocycles. The number of carbonyl (C=O) groups is 1.